The maximum absolute atomic E-state index is 12.9. The van der Waals surface area contributed by atoms with E-state index in [9.17, 15) is 23.3 Å². The van der Waals surface area contributed by atoms with Crippen LogP contribution in [0.5, 0.6) is 0 Å². The molecule has 0 heterocycles. The number of carboxylic acids is 1. The van der Waals surface area contributed by atoms with Crippen LogP contribution in [0.15, 0.2) is 47.4 Å². The molecule has 0 atom stereocenters. The number of aryl methyl sites for hydroxylation is 1. The Hall–Kier alpha value is -2.65. The van der Waals surface area contributed by atoms with Gasteiger partial charge in [-0.25, -0.2) is 8.42 Å². The number of anilines is 1. The van der Waals surface area contributed by atoms with Gasteiger partial charge in [0, 0.05) is 16.7 Å². The molecule has 132 valence electrons. The zero-order valence-electron chi connectivity index (χ0n) is 12.9. The molecule has 25 heavy (non-hydrogen) atoms. The van der Waals surface area contributed by atoms with Gasteiger partial charge in [-0.2, -0.15) is 0 Å². The summed E-state index contributed by atoms with van der Waals surface area (Å²) in [5.74, 6) is -1.38. The monoisotopic (exact) mass is 384 g/mol. The van der Waals surface area contributed by atoms with Crippen molar-refractivity contribution in [2.45, 2.75) is 11.8 Å². The van der Waals surface area contributed by atoms with E-state index in [2.05, 4.69) is 0 Å². The number of sulfonamides is 1. The maximum atomic E-state index is 12.9. The minimum Gasteiger partial charge on any atom is -0.480 e. The van der Waals surface area contributed by atoms with Crippen LogP contribution in [0.25, 0.3) is 0 Å². The predicted molar refractivity (Wildman–Crippen MR) is 91.5 cm³/mol. The Morgan fingerprint density at radius 1 is 1.28 bits per heavy atom. The number of hydrogen-bond acceptors (Lipinski definition) is 5. The standard InChI is InChI=1S/C15H13ClN2O6S/c1-10-5-6-13(8-14(10)18(21)22)25(23,24)17(9-15(19)20)12-4-2-3-11(16)7-12/h2-8H,9H2,1H3,(H,19,20). The Kier molecular flexibility index (Phi) is 5.29. The lowest BCUT2D eigenvalue weighted by molar-refractivity contribution is -0.385. The average Bonchev–Trinajstić information content (AvgIpc) is 2.52. The summed E-state index contributed by atoms with van der Waals surface area (Å²) in [5, 5.41) is 20.3. The molecule has 0 aromatic heterocycles. The summed E-state index contributed by atoms with van der Waals surface area (Å²) in [5.41, 5.74) is -0.0444. The molecule has 1 N–H and O–H groups in total. The normalized spacial score (nSPS) is 11.1. The van der Waals surface area contributed by atoms with E-state index in [0.29, 0.717) is 4.31 Å². The SMILES string of the molecule is Cc1ccc(S(=O)(=O)N(CC(=O)O)c2cccc(Cl)c2)cc1[N+](=O)[O-]. The molecule has 0 aliphatic heterocycles. The second-order valence-electron chi connectivity index (χ2n) is 5.09. The molecule has 0 unspecified atom stereocenters. The zero-order valence-corrected chi connectivity index (χ0v) is 14.5. The summed E-state index contributed by atoms with van der Waals surface area (Å²) in [7, 11) is -4.35. The highest BCUT2D eigenvalue weighted by molar-refractivity contribution is 7.92. The number of rotatable bonds is 6. The average molecular weight is 385 g/mol. The van der Waals surface area contributed by atoms with Crippen LogP contribution in [0.1, 0.15) is 5.56 Å². The van der Waals surface area contributed by atoms with E-state index >= 15 is 0 Å². The maximum Gasteiger partial charge on any atom is 0.324 e. The molecule has 2 aromatic rings. The number of aliphatic carboxylic acids is 1. The lowest BCUT2D eigenvalue weighted by Gasteiger charge is -2.23. The number of nitrogens with zero attached hydrogens (tertiary/aromatic N) is 2. The molecule has 0 fully saturated rings. The molecule has 0 aliphatic rings. The third-order valence-corrected chi connectivity index (χ3v) is 5.35. The predicted octanol–water partition coefficient (Wildman–Crippen LogP) is 2.84. The molecule has 0 amide bonds. The smallest absolute Gasteiger partial charge is 0.324 e. The van der Waals surface area contributed by atoms with E-state index in [1.807, 2.05) is 0 Å². The van der Waals surface area contributed by atoms with Crippen molar-refractivity contribution in [3.05, 3.63) is 63.2 Å². The number of nitro benzene ring substituents is 1. The third-order valence-electron chi connectivity index (χ3n) is 3.34. The molecule has 0 radical (unpaired) electrons. The zero-order chi connectivity index (χ0) is 18.8. The van der Waals surface area contributed by atoms with E-state index in [1.54, 1.807) is 0 Å². The molecule has 0 saturated carbocycles. The van der Waals surface area contributed by atoms with Crippen LogP contribution in [-0.4, -0.2) is 31.0 Å². The van der Waals surface area contributed by atoms with E-state index in [0.717, 1.165) is 6.07 Å². The molecule has 8 nitrogen and oxygen atoms in total. The van der Waals surface area contributed by atoms with Gasteiger partial charge in [0.15, 0.2) is 0 Å². The summed E-state index contributed by atoms with van der Waals surface area (Å²) in [4.78, 5) is 21.1. The van der Waals surface area contributed by atoms with Crippen LogP contribution in [0.4, 0.5) is 11.4 Å². The van der Waals surface area contributed by atoms with Gasteiger partial charge in [-0.1, -0.05) is 23.7 Å². The highest BCUT2D eigenvalue weighted by Gasteiger charge is 2.29. The van der Waals surface area contributed by atoms with Crippen LogP contribution in [0.3, 0.4) is 0 Å². The molecule has 2 rings (SSSR count). The van der Waals surface area contributed by atoms with E-state index in [4.69, 9.17) is 16.7 Å². The lowest BCUT2D eigenvalue weighted by Crippen LogP contribution is -2.35. The van der Waals surface area contributed by atoms with Crippen LogP contribution in [0.2, 0.25) is 5.02 Å². The van der Waals surface area contributed by atoms with Crippen molar-refractivity contribution in [2.75, 3.05) is 10.8 Å². The van der Waals surface area contributed by atoms with E-state index < -0.39 is 27.5 Å². The third kappa shape index (κ3) is 4.06. The Morgan fingerprint density at radius 3 is 2.52 bits per heavy atom. The Morgan fingerprint density at radius 2 is 1.96 bits per heavy atom. The molecule has 0 bridgehead atoms. The Bertz CT molecular complexity index is 945. The number of carbonyl (C=O) groups is 1. The van der Waals surface area contributed by atoms with Crippen molar-refractivity contribution >= 4 is 39.0 Å². The molecule has 0 aliphatic carbocycles. The van der Waals surface area contributed by atoms with Gasteiger partial charge in [-0.15, -0.1) is 0 Å². The van der Waals surface area contributed by atoms with Gasteiger partial charge in [-0.05, 0) is 31.2 Å². The number of hydrogen-bond donors (Lipinski definition) is 1. The highest BCUT2D eigenvalue weighted by atomic mass is 35.5. The summed E-state index contributed by atoms with van der Waals surface area (Å²) in [6.45, 7) is 0.616. The number of nitro groups is 1. The fraction of sp³-hybridized carbons (Fsp3) is 0.133. The van der Waals surface area contributed by atoms with Crippen molar-refractivity contribution < 1.29 is 23.2 Å². The number of halogens is 1. The van der Waals surface area contributed by atoms with Crippen molar-refractivity contribution in [1.82, 2.24) is 0 Å². The number of carboxylic acid groups (broad SMARTS) is 1. The quantitative estimate of drug-likeness (QED) is 0.604. The van der Waals surface area contributed by atoms with Gasteiger partial charge < -0.3 is 5.11 Å². The molecule has 10 heteroatoms. The molecular weight excluding hydrogens is 372 g/mol. The van der Waals surface area contributed by atoms with Gasteiger partial charge in [0.05, 0.1) is 15.5 Å². The van der Waals surface area contributed by atoms with Crippen LogP contribution >= 0.6 is 11.6 Å². The minimum absolute atomic E-state index is 0.0399. The van der Waals surface area contributed by atoms with Gasteiger partial charge >= 0.3 is 5.97 Å². The fourth-order valence-corrected chi connectivity index (χ4v) is 3.75. The second kappa shape index (κ2) is 7.08. The Labute approximate surface area is 148 Å². The van der Waals surface area contributed by atoms with Crippen molar-refractivity contribution in [1.29, 1.82) is 0 Å². The summed E-state index contributed by atoms with van der Waals surface area (Å²) < 4.78 is 26.4. The van der Waals surface area contributed by atoms with Crippen LogP contribution < -0.4 is 4.31 Å². The van der Waals surface area contributed by atoms with Crippen molar-refractivity contribution in [2.24, 2.45) is 0 Å². The van der Waals surface area contributed by atoms with Gasteiger partial charge in [-0.3, -0.25) is 19.2 Å². The summed E-state index contributed by atoms with van der Waals surface area (Å²) in [6.07, 6.45) is 0. The lowest BCUT2D eigenvalue weighted by atomic mass is 10.2. The first kappa shape index (κ1) is 18.7. The molecule has 0 spiro atoms. The highest BCUT2D eigenvalue weighted by Crippen LogP contribution is 2.29. The van der Waals surface area contributed by atoms with Crippen molar-refractivity contribution in [3.63, 3.8) is 0 Å². The Balaban J connectivity index is 2.61. The molecular formula is C15H13ClN2O6S. The molecule has 0 saturated heterocycles. The first-order valence-corrected chi connectivity index (χ1v) is 8.70. The summed E-state index contributed by atoms with van der Waals surface area (Å²) >= 11 is 5.85. The molecule has 2 aromatic carbocycles. The largest absolute Gasteiger partial charge is 0.480 e. The minimum atomic E-state index is -4.35. The first-order chi connectivity index (χ1) is 11.6. The van der Waals surface area contributed by atoms with Crippen LogP contribution in [0, 0.1) is 17.0 Å². The number of benzene rings is 2. The van der Waals surface area contributed by atoms with Crippen LogP contribution in [-0.2, 0) is 14.8 Å². The van der Waals surface area contributed by atoms with Gasteiger partial charge in [0.25, 0.3) is 15.7 Å². The van der Waals surface area contributed by atoms with E-state index in [-0.39, 0.29) is 26.9 Å². The fourth-order valence-electron chi connectivity index (χ4n) is 2.14. The second-order valence-corrected chi connectivity index (χ2v) is 7.39. The van der Waals surface area contributed by atoms with Crippen molar-refractivity contribution in [3.8, 4) is 0 Å². The van der Waals surface area contributed by atoms with E-state index in [1.165, 1.54) is 43.3 Å². The topological polar surface area (TPSA) is 118 Å². The van der Waals surface area contributed by atoms with Gasteiger partial charge in [0.1, 0.15) is 6.54 Å². The van der Waals surface area contributed by atoms with Gasteiger partial charge in [0.2, 0.25) is 0 Å². The summed E-state index contributed by atoms with van der Waals surface area (Å²) in [6, 6.07) is 9.05. The first-order valence-electron chi connectivity index (χ1n) is 6.88.